The normalized spacial score (nSPS) is 12.1. The average Bonchev–Trinajstić information content (AvgIpc) is 3.92. The minimum absolute atomic E-state index is 0.129. The summed E-state index contributed by atoms with van der Waals surface area (Å²) in [5.41, 5.74) is 13.2. The highest BCUT2D eigenvalue weighted by molar-refractivity contribution is 6.20. The van der Waals surface area contributed by atoms with Crippen molar-refractivity contribution in [1.29, 1.82) is 0 Å². The lowest BCUT2D eigenvalue weighted by Crippen LogP contribution is -2.06. The molecule has 0 aliphatic carbocycles. The molecule has 0 saturated carbocycles. The Labute approximate surface area is 334 Å². The number of rotatable bonds is 7. The van der Waals surface area contributed by atoms with Gasteiger partial charge in [-0.05, 0) is 95.6 Å². The number of para-hydroxylation sites is 4. The summed E-state index contributed by atoms with van der Waals surface area (Å²) in [6.07, 6.45) is 7.52. The number of fused-ring (bicyclic) bond motifs is 9. The molecule has 0 unspecified atom stereocenters. The molecule has 0 radical (unpaired) electrons. The van der Waals surface area contributed by atoms with Crippen molar-refractivity contribution in [2.75, 3.05) is 0 Å². The molecule has 0 atom stereocenters. The molecule has 4 aromatic heterocycles. The largest absolute Gasteiger partial charge is 0.328 e. The molecule has 0 bridgehead atoms. The van der Waals surface area contributed by atoms with Crippen molar-refractivity contribution >= 4 is 71.1 Å². The van der Waals surface area contributed by atoms with Gasteiger partial charge in [0.25, 0.3) is 5.56 Å². The minimum atomic E-state index is -0.129. The van der Waals surface area contributed by atoms with E-state index in [9.17, 15) is 4.79 Å². The second-order valence-electron chi connectivity index (χ2n) is 14.7. The second-order valence-corrected chi connectivity index (χ2v) is 14.7. The van der Waals surface area contributed by atoms with Crippen LogP contribution < -0.4 is 5.56 Å². The third-order valence-corrected chi connectivity index (χ3v) is 11.6. The zero-order valence-electron chi connectivity index (χ0n) is 31.6. The van der Waals surface area contributed by atoms with Gasteiger partial charge in [0.1, 0.15) is 0 Å². The topological polar surface area (TPSA) is 47.6 Å². The molecule has 0 saturated heterocycles. The van der Waals surface area contributed by atoms with Crippen LogP contribution in [0.15, 0.2) is 206 Å². The molecule has 5 nitrogen and oxygen atoms in total. The maximum absolute atomic E-state index is 14.4. The molecule has 1 N–H and O–H groups in total. The number of hydrogen-bond acceptors (Lipinski definition) is 1. The van der Waals surface area contributed by atoms with Gasteiger partial charge >= 0.3 is 0 Å². The number of nitrogens with zero attached hydrogens (tertiary/aromatic N) is 3. The van der Waals surface area contributed by atoms with Gasteiger partial charge < -0.3 is 18.7 Å². The summed E-state index contributed by atoms with van der Waals surface area (Å²) >= 11 is 0. The highest BCUT2D eigenvalue weighted by Crippen LogP contribution is 2.43. The lowest BCUT2D eigenvalue weighted by molar-refractivity contribution is 1.17. The lowest BCUT2D eigenvalue weighted by atomic mass is 9.97. The average molecular weight is 745 g/mol. The number of hydrogen-bond donors (Lipinski definition) is 1. The van der Waals surface area contributed by atoms with Gasteiger partial charge in [-0.25, -0.2) is 0 Å². The Morgan fingerprint density at radius 2 is 1.05 bits per heavy atom. The van der Waals surface area contributed by atoms with Gasteiger partial charge in [0.15, 0.2) is 0 Å². The molecule has 11 rings (SSSR count). The smallest absolute Gasteiger partial charge is 0.258 e. The van der Waals surface area contributed by atoms with Gasteiger partial charge in [-0.1, -0.05) is 116 Å². The fourth-order valence-electron chi connectivity index (χ4n) is 9.17. The van der Waals surface area contributed by atoms with E-state index in [1.807, 2.05) is 30.5 Å². The molecule has 0 fully saturated rings. The Morgan fingerprint density at radius 3 is 1.76 bits per heavy atom. The molecule has 58 heavy (non-hydrogen) atoms. The van der Waals surface area contributed by atoms with Crippen molar-refractivity contribution in [2.45, 2.75) is 0 Å². The fourth-order valence-corrected chi connectivity index (χ4v) is 9.17. The molecule has 0 spiro atoms. The molecule has 11 aromatic rings. The van der Waals surface area contributed by atoms with E-state index in [1.165, 1.54) is 5.39 Å². The zero-order chi connectivity index (χ0) is 38.9. The predicted molar refractivity (Wildman–Crippen MR) is 244 cm³/mol. The van der Waals surface area contributed by atoms with E-state index < -0.39 is 0 Å². The van der Waals surface area contributed by atoms with Gasteiger partial charge in [0.05, 0.1) is 38.5 Å². The maximum atomic E-state index is 14.4. The number of H-pyrrole nitrogens is 1. The van der Waals surface area contributed by atoms with E-state index in [1.54, 1.807) is 6.08 Å². The standard InChI is InChI=1S/C53H36N4O/c1-3-16-36(4-2)55-45-24-13-11-21-40(45)42-31-34(27-29-47(42)55)39-23-15-26-49-50(39)51-52(57(49)38-19-9-6-10-20-38)44(33-54-53(51)58)35-28-30-48-43(32-35)41-22-12-14-25-46(41)56(48)37-17-7-5-8-18-37/h3-33H,1-2H2,(H,54,58)/b36-16+. The lowest BCUT2D eigenvalue weighted by Gasteiger charge is -2.12. The van der Waals surface area contributed by atoms with Crippen LogP contribution in [-0.2, 0) is 0 Å². The van der Waals surface area contributed by atoms with Gasteiger partial charge in [0, 0.05) is 55.8 Å². The first-order valence-corrected chi connectivity index (χ1v) is 19.5. The van der Waals surface area contributed by atoms with Gasteiger partial charge in [0.2, 0.25) is 0 Å². The molecule has 5 heteroatoms. The molecule has 274 valence electrons. The van der Waals surface area contributed by atoms with E-state index in [2.05, 4.69) is 184 Å². The third kappa shape index (κ3) is 4.87. The quantitative estimate of drug-likeness (QED) is 0.162. The molecule has 0 aliphatic heterocycles. The highest BCUT2D eigenvalue weighted by atomic mass is 16.1. The van der Waals surface area contributed by atoms with Crippen molar-refractivity contribution in [3.63, 3.8) is 0 Å². The van der Waals surface area contributed by atoms with Crippen molar-refractivity contribution < 1.29 is 0 Å². The number of allylic oxidation sites excluding steroid dienone is 4. The van der Waals surface area contributed by atoms with Crippen LogP contribution in [-0.4, -0.2) is 18.7 Å². The number of aromatic nitrogens is 4. The first-order valence-electron chi connectivity index (χ1n) is 19.5. The van der Waals surface area contributed by atoms with Crippen LogP contribution in [0.1, 0.15) is 0 Å². The zero-order valence-corrected chi connectivity index (χ0v) is 31.6. The summed E-state index contributed by atoms with van der Waals surface area (Å²) in [7, 11) is 0. The summed E-state index contributed by atoms with van der Waals surface area (Å²) in [4.78, 5) is 17.6. The van der Waals surface area contributed by atoms with Crippen LogP contribution in [0.3, 0.4) is 0 Å². The summed E-state index contributed by atoms with van der Waals surface area (Å²) in [5.74, 6) is 0. The SMILES string of the molecule is C=C/C=C(\C=C)n1c2ccccc2c2cc(-c3cccc4c3c3c(=O)[nH]cc(-c5ccc6c(c5)c5ccccc5n6-c5ccccc5)c3n4-c3ccccc3)ccc21. The highest BCUT2D eigenvalue weighted by Gasteiger charge is 2.23. The summed E-state index contributed by atoms with van der Waals surface area (Å²) in [6, 6.07) is 57.5. The number of benzene rings is 7. The van der Waals surface area contributed by atoms with Crippen molar-refractivity contribution in [3.8, 4) is 33.6 Å². The van der Waals surface area contributed by atoms with Gasteiger partial charge in [-0.2, -0.15) is 0 Å². The Hall–Kier alpha value is -7.89. The molecule has 0 aliphatic rings. The van der Waals surface area contributed by atoms with E-state index in [-0.39, 0.29) is 5.56 Å². The number of nitrogens with one attached hydrogen (secondary N) is 1. The molecular formula is C53H36N4O. The van der Waals surface area contributed by atoms with Crippen LogP contribution >= 0.6 is 0 Å². The predicted octanol–water partition coefficient (Wildman–Crippen LogP) is 13.2. The van der Waals surface area contributed by atoms with E-state index in [0.29, 0.717) is 5.39 Å². The van der Waals surface area contributed by atoms with Gasteiger partial charge in [-0.3, -0.25) is 4.79 Å². The monoisotopic (exact) mass is 744 g/mol. The molecule has 4 heterocycles. The Kier molecular flexibility index (Phi) is 7.56. The van der Waals surface area contributed by atoms with Crippen LogP contribution in [0.5, 0.6) is 0 Å². The van der Waals surface area contributed by atoms with Gasteiger partial charge in [-0.15, -0.1) is 0 Å². The number of aromatic amines is 1. The fraction of sp³-hybridized carbons (Fsp3) is 0. The Bertz CT molecular complexity index is 3560. The van der Waals surface area contributed by atoms with E-state index >= 15 is 0 Å². The molecule has 0 amide bonds. The first kappa shape index (κ1) is 33.4. The number of pyridine rings is 1. The van der Waals surface area contributed by atoms with Crippen LogP contribution in [0, 0.1) is 0 Å². The summed E-state index contributed by atoms with van der Waals surface area (Å²) < 4.78 is 6.82. The van der Waals surface area contributed by atoms with E-state index in [4.69, 9.17) is 0 Å². The molecular weight excluding hydrogens is 709 g/mol. The van der Waals surface area contributed by atoms with Crippen molar-refractivity contribution in [3.05, 3.63) is 212 Å². The first-order chi connectivity index (χ1) is 28.6. The van der Waals surface area contributed by atoms with Crippen LogP contribution in [0.2, 0.25) is 0 Å². The molecule has 7 aromatic carbocycles. The maximum Gasteiger partial charge on any atom is 0.258 e. The van der Waals surface area contributed by atoms with Crippen LogP contribution in [0.4, 0.5) is 0 Å². The Morgan fingerprint density at radius 1 is 0.500 bits per heavy atom. The van der Waals surface area contributed by atoms with Crippen molar-refractivity contribution in [2.24, 2.45) is 0 Å². The van der Waals surface area contributed by atoms with E-state index in [0.717, 1.165) is 94.0 Å². The second kappa shape index (κ2) is 13.1. The Balaban J connectivity index is 1.21. The summed E-state index contributed by atoms with van der Waals surface area (Å²) in [6.45, 7) is 8.06. The van der Waals surface area contributed by atoms with Crippen LogP contribution in [0.25, 0.3) is 105 Å². The summed E-state index contributed by atoms with van der Waals surface area (Å²) in [5, 5.41) is 6.14. The minimum Gasteiger partial charge on any atom is -0.328 e. The third-order valence-electron chi connectivity index (χ3n) is 11.6. The van der Waals surface area contributed by atoms with Crippen molar-refractivity contribution in [1.82, 2.24) is 18.7 Å².